The minimum Gasteiger partial charge on any atom is -0.480 e. The van der Waals surface area contributed by atoms with E-state index < -0.39 is 30.1 Å². The van der Waals surface area contributed by atoms with Gasteiger partial charge in [0.15, 0.2) is 6.10 Å². The van der Waals surface area contributed by atoms with Crippen molar-refractivity contribution in [1.82, 2.24) is 10.6 Å². The second kappa shape index (κ2) is 11.0. The van der Waals surface area contributed by atoms with Crippen LogP contribution in [0.25, 0.3) is 11.1 Å². The molecule has 0 radical (unpaired) electrons. The lowest BCUT2D eigenvalue weighted by atomic mass is 9.98. The molecule has 0 aromatic heterocycles. The number of carbonyl (C=O) groups is 3. The van der Waals surface area contributed by atoms with Crippen molar-refractivity contribution in [3.05, 3.63) is 59.7 Å². The smallest absolute Gasteiger partial charge is 0.407 e. The molecule has 33 heavy (non-hydrogen) atoms. The SMILES string of the molecule is COC(CNC(=O)OCC1c2ccccc2-c2ccccc21)C(=O)NC(CC(C)C)C(=O)O. The number of benzene rings is 2. The number of aliphatic carboxylic acids is 1. The van der Waals surface area contributed by atoms with E-state index in [0.29, 0.717) is 0 Å². The number of carboxylic acid groups (broad SMARTS) is 1. The number of hydrogen-bond acceptors (Lipinski definition) is 5. The van der Waals surface area contributed by atoms with Crippen molar-refractivity contribution in [3.63, 3.8) is 0 Å². The summed E-state index contributed by atoms with van der Waals surface area (Å²) in [4.78, 5) is 36.1. The number of amides is 2. The predicted octanol–water partition coefficient (Wildman–Crippen LogP) is 3.16. The highest BCUT2D eigenvalue weighted by atomic mass is 16.5. The van der Waals surface area contributed by atoms with E-state index in [-0.39, 0.29) is 31.4 Å². The van der Waals surface area contributed by atoms with Crippen LogP contribution in [0.2, 0.25) is 0 Å². The summed E-state index contributed by atoms with van der Waals surface area (Å²) >= 11 is 0. The molecule has 1 aliphatic carbocycles. The molecule has 0 saturated carbocycles. The van der Waals surface area contributed by atoms with Gasteiger partial charge in [0.25, 0.3) is 5.91 Å². The van der Waals surface area contributed by atoms with Gasteiger partial charge in [-0.1, -0.05) is 62.4 Å². The van der Waals surface area contributed by atoms with Gasteiger partial charge in [0.05, 0.1) is 6.54 Å². The van der Waals surface area contributed by atoms with Crippen molar-refractivity contribution in [3.8, 4) is 11.1 Å². The molecule has 2 atom stereocenters. The van der Waals surface area contributed by atoms with Crippen molar-refractivity contribution in [1.29, 1.82) is 0 Å². The summed E-state index contributed by atoms with van der Waals surface area (Å²) < 4.78 is 10.6. The van der Waals surface area contributed by atoms with E-state index in [1.165, 1.54) is 7.11 Å². The lowest BCUT2D eigenvalue weighted by Crippen LogP contribution is -2.50. The standard InChI is InChI=1S/C25H30N2O6/c1-15(2)12-21(24(29)30)27-23(28)22(32-3)13-26-25(31)33-14-20-18-10-6-4-8-16(18)17-9-5-7-11-19(17)20/h4-11,15,20-22H,12-14H2,1-3H3,(H,26,31)(H,27,28)(H,29,30). The summed E-state index contributed by atoms with van der Waals surface area (Å²) in [7, 11) is 1.32. The number of ether oxygens (including phenoxy) is 2. The number of carbonyl (C=O) groups excluding carboxylic acids is 2. The molecule has 0 aliphatic heterocycles. The Morgan fingerprint density at radius 3 is 2.09 bits per heavy atom. The Labute approximate surface area is 193 Å². The Bertz CT molecular complexity index is 960. The molecular weight excluding hydrogens is 424 g/mol. The van der Waals surface area contributed by atoms with Gasteiger partial charge in [0.2, 0.25) is 0 Å². The average Bonchev–Trinajstić information content (AvgIpc) is 3.11. The Hall–Kier alpha value is -3.39. The molecule has 3 rings (SSSR count). The van der Waals surface area contributed by atoms with Crippen LogP contribution in [0.5, 0.6) is 0 Å². The minimum atomic E-state index is -1.11. The van der Waals surface area contributed by atoms with Crippen molar-refractivity contribution in [2.24, 2.45) is 5.92 Å². The molecule has 0 heterocycles. The van der Waals surface area contributed by atoms with Crippen LogP contribution in [-0.2, 0) is 19.1 Å². The molecule has 0 fully saturated rings. The molecule has 3 N–H and O–H groups in total. The van der Waals surface area contributed by atoms with Crippen LogP contribution in [0.3, 0.4) is 0 Å². The summed E-state index contributed by atoms with van der Waals surface area (Å²) in [5.41, 5.74) is 4.47. The highest BCUT2D eigenvalue weighted by Gasteiger charge is 2.30. The fourth-order valence-electron chi connectivity index (χ4n) is 4.07. The molecule has 176 valence electrons. The van der Waals surface area contributed by atoms with Gasteiger partial charge < -0.3 is 25.2 Å². The van der Waals surface area contributed by atoms with Crippen molar-refractivity contribution >= 4 is 18.0 Å². The third-order valence-electron chi connectivity index (χ3n) is 5.67. The third kappa shape index (κ3) is 5.90. The number of methoxy groups -OCH3 is 1. The van der Waals surface area contributed by atoms with E-state index in [0.717, 1.165) is 22.3 Å². The molecular formula is C25H30N2O6. The van der Waals surface area contributed by atoms with Crippen LogP contribution < -0.4 is 10.6 Å². The molecule has 2 unspecified atom stereocenters. The van der Waals surface area contributed by atoms with E-state index >= 15 is 0 Å². The zero-order valence-corrected chi connectivity index (χ0v) is 19.0. The largest absolute Gasteiger partial charge is 0.480 e. The van der Waals surface area contributed by atoms with E-state index in [1.54, 1.807) is 0 Å². The summed E-state index contributed by atoms with van der Waals surface area (Å²) in [6.45, 7) is 3.75. The van der Waals surface area contributed by atoms with E-state index in [2.05, 4.69) is 22.8 Å². The Morgan fingerprint density at radius 1 is 1.00 bits per heavy atom. The number of hydrogen-bond donors (Lipinski definition) is 3. The topological polar surface area (TPSA) is 114 Å². The Balaban J connectivity index is 1.55. The highest BCUT2D eigenvalue weighted by molar-refractivity contribution is 5.87. The zero-order valence-electron chi connectivity index (χ0n) is 19.0. The quantitative estimate of drug-likeness (QED) is 0.508. The number of carboxylic acids is 1. The number of alkyl carbamates (subject to hydrolysis) is 1. The van der Waals surface area contributed by atoms with Gasteiger partial charge in [-0.25, -0.2) is 9.59 Å². The second-order valence-electron chi connectivity index (χ2n) is 8.46. The summed E-state index contributed by atoms with van der Waals surface area (Å²) in [5, 5.41) is 14.3. The third-order valence-corrected chi connectivity index (χ3v) is 5.67. The maximum absolute atomic E-state index is 12.4. The fourth-order valence-corrected chi connectivity index (χ4v) is 4.07. The second-order valence-corrected chi connectivity index (χ2v) is 8.46. The fraction of sp³-hybridized carbons (Fsp3) is 0.400. The summed E-state index contributed by atoms with van der Waals surface area (Å²) in [6.07, 6.45) is -1.43. The first-order chi connectivity index (χ1) is 15.8. The molecule has 0 saturated heterocycles. The maximum Gasteiger partial charge on any atom is 0.407 e. The molecule has 0 spiro atoms. The minimum absolute atomic E-state index is 0.0722. The highest BCUT2D eigenvalue weighted by Crippen LogP contribution is 2.44. The van der Waals surface area contributed by atoms with Gasteiger partial charge in [0.1, 0.15) is 12.6 Å². The molecule has 2 aromatic rings. The Morgan fingerprint density at radius 2 is 1.58 bits per heavy atom. The number of nitrogens with one attached hydrogen (secondary N) is 2. The van der Waals surface area contributed by atoms with Gasteiger partial charge >= 0.3 is 12.1 Å². The number of fused-ring (bicyclic) bond motifs is 3. The van der Waals surface area contributed by atoms with E-state index in [1.807, 2.05) is 50.2 Å². The molecule has 1 aliphatic rings. The van der Waals surface area contributed by atoms with Crippen LogP contribution >= 0.6 is 0 Å². The zero-order chi connectivity index (χ0) is 24.0. The molecule has 0 bridgehead atoms. The molecule has 2 amide bonds. The maximum atomic E-state index is 12.4. The van der Waals surface area contributed by atoms with Crippen LogP contribution in [0.4, 0.5) is 4.79 Å². The number of rotatable bonds is 10. The van der Waals surface area contributed by atoms with Crippen molar-refractivity contribution in [2.75, 3.05) is 20.3 Å². The van der Waals surface area contributed by atoms with E-state index in [9.17, 15) is 19.5 Å². The molecule has 8 heteroatoms. The Kier molecular flexibility index (Phi) is 8.06. The summed E-state index contributed by atoms with van der Waals surface area (Å²) in [5.74, 6) is -1.70. The first-order valence-electron chi connectivity index (χ1n) is 11.0. The van der Waals surface area contributed by atoms with Crippen LogP contribution in [0.15, 0.2) is 48.5 Å². The average molecular weight is 455 g/mol. The van der Waals surface area contributed by atoms with Crippen molar-refractivity contribution in [2.45, 2.75) is 38.3 Å². The normalized spacial score (nSPS) is 14.2. The van der Waals surface area contributed by atoms with Gasteiger partial charge in [-0.2, -0.15) is 0 Å². The first-order valence-corrected chi connectivity index (χ1v) is 11.0. The van der Waals surface area contributed by atoms with E-state index in [4.69, 9.17) is 9.47 Å². The predicted molar refractivity (Wildman–Crippen MR) is 123 cm³/mol. The lowest BCUT2D eigenvalue weighted by molar-refractivity contribution is -0.144. The van der Waals surface area contributed by atoms with Gasteiger partial charge in [-0.3, -0.25) is 4.79 Å². The van der Waals surface area contributed by atoms with Crippen LogP contribution in [-0.4, -0.2) is 55.5 Å². The summed E-state index contributed by atoms with van der Waals surface area (Å²) in [6, 6.07) is 15.0. The van der Waals surface area contributed by atoms with Gasteiger partial charge in [-0.15, -0.1) is 0 Å². The van der Waals surface area contributed by atoms with Crippen LogP contribution in [0.1, 0.15) is 37.3 Å². The van der Waals surface area contributed by atoms with Crippen LogP contribution in [0, 0.1) is 5.92 Å². The lowest BCUT2D eigenvalue weighted by Gasteiger charge is -2.21. The monoisotopic (exact) mass is 454 g/mol. The van der Waals surface area contributed by atoms with Gasteiger partial charge in [0, 0.05) is 13.0 Å². The molecule has 8 nitrogen and oxygen atoms in total. The van der Waals surface area contributed by atoms with Gasteiger partial charge in [-0.05, 0) is 34.6 Å². The molecule has 2 aromatic carbocycles. The van der Waals surface area contributed by atoms with Crippen molar-refractivity contribution < 1.29 is 29.0 Å². The first kappa shape index (κ1) is 24.3.